The Hall–Kier alpha value is -1.25. The van der Waals surface area contributed by atoms with Gasteiger partial charge in [0.15, 0.2) is 0 Å². The van der Waals surface area contributed by atoms with Gasteiger partial charge in [-0.05, 0) is 18.6 Å². The van der Waals surface area contributed by atoms with E-state index in [4.69, 9.17) is 9.05 Å². The molecule has 1 rings (SSSR count). The smallest absolute Gasteiger partial charge is 0.342 e. The molecule has 1 aromatic rings. The molecule has 0 spiro atoms. The number of unbranched alkanes of at least 4 members (excludes halogenated alkanes) is 1. The Bertz CT molecular complexity index is 388. The molecule has 0 saturated heterocycles. The van der Waals surface area contributed by atoms with Gasteiger partial charge in [0.05, 0.1) is 12.2 Å². The van der Waals surface area contributed by atoms with Crippen LogP contribution in [0.15, 0.2) is 24.3 Å². The van der Waals surface area contributed by atoms with Gasteiger partial charge in [-0.1, -0.05) is 25.5 Å². The highest BCUT2D eigenvalue weighted by Gasteiger charge is 2.12. The Morgan fingerprint density at radius 1 is 1.33 bits per heavy atom. The molecule has 0 fully saturated rings. The summed E-state index contributed by atoms with van der Waals surface area (Å²) >= 11 is 0. The molecular formula is C13H17O4P. The summed E-state index contributed by atoms with van der Waals surface area (Å²) in [5, 5.41) is 0. The molecule has 5 heteroatoms. The third-order valence-electron chi connectivity index (χ3n) is 2.26. The van der Waals surface area contributed by atoms with Gasteiger partial charge in [-0.25, -0.2) is 4.79 Å². The Balaban J connectivity index is 2.45. The zero-order valence-corrected chi connectivity index (χ0v) is 11.5. The number of hydrogen-bond acceptors (Lipinski definition) is 4. The maximum atomic E-state index is 11.7. The SMILES string of the molecule is CCCCOP(C)OC(=O)c1ccc(C=O)cc1. The monoisotopic (exact) mass is 268 g/mol. The first-order valence-electron chi connectivity index (χ1n) is 5.81. The number of carbonyl (C=O) groups excluding carboxylic acids is 2. The van der Waals surface area contributed by atoms with Crippen molar-refractivity contribution in [2.24, 2.45) is 0 Å². The van der Waals surface area contributed by atoms with Crippen molar-refractivity contribution >= 4 is 20.6 Å². The third-order valence-corrected chi connectivity index (χ3v) is 3.23. The van der Waals surface area contributed by atoms with Gasteiger partial charge in [-0.15, -0.1) is 0 Å². The zero-order chi connectivity index (χ0) is 13.4. The quantitative estimate of drug-likeness (QED) is 0.432. The maximum Gasteiger partial charge on any atom is 0.342 e. The molecule has 0 bridgehead atoms. The van der Waals surface area contributed by atoms with Gasteiger partial charge in [0.25, 0.3) is 0 Å². The van der Waals surface area contributed by atoms with Crippen molar-refractivity contribution in [3.05, 3.63) is 35.4 Å². The minimum Gasteiger partial charge on any atom is -0.414 e. The van der Waals surface area contributed by atoms with Gasteiger partial charge in [0.2, 0.25) is 8.38 Å². The minimum absolute atomic E-state index is 0.419. The van der Waals surface area contributed by atoms with Crippen LogP contribution in [0.3, 0.4) is 0 Å². The van der Waals surface area contributed by atoms with E-state index >= 15 is 0 Å². The van der Waals surface area contributed by atoms with Crippen LogP contribution in [0.4, 0.5) is 0 Å². The lowest BCUT2D eigenvalue weighted by Crippen LogP contribution is -2.03. The van der Waals surface area contributed by atoms with E-state index in [1.165, 1.54) is 0 Å². The second-order valence-corrected chi connectivity index (χ2v) is 5.07. The molecule has 98 valence electrons. The fourth-order valence-electron chi connectivity index (χ4n) is 1.23. The molecule has 18 heavy (non-hydrogen) atoms. The van der Waals surface area contributed by atoms with Crippen molar-refractivity contribution < 1.29 is 18.6 Å². The fraction of sp³-hybridized carbons (Fsp3) is 0.385. The van der Waals surface area contributed by atoms with Crippen molar-refractivity contribution in [2.75, 3.05) is 13.3 Å². The second kappa shape index (κ2) is 7.96. The van der Waals surface area contributed by atoms with Crippen LogP contribution in [0.25, 0.3) is 0 Å². The zero-order valence-electron chi connectivity index (χ0n) is 10.6. The second-order valence-electron chi connectivity index (χ2n) is 3.75. The van der Waals surface area contributed by atoms with Gasteiger partial charge in [0, 0.05) is 12.2 Å². The van der Waals surface area contributed by atoms with Crippen LogP contribution in [0.5, 0.6) is 0 Å². The summed E-state index contributed by atoms with van der Waals surface area (Å²) in [5.41, 5.74) is 0.957. The van der Waals surface area contributed by atoms with Gasteiger partial charge < -0.3 is 9.05 Å². The normalized spacial score (nSPS) is 11.9. The van der Waals surface area contributed by atoms with Gasteiger partial charge >= 0.3 is 5.97 Å². The number of rotatable bonds is 7. The Morgan fingerprint density at radius 3 is 2.56 bits per heavy atom. The lowest BCUT2D eigenvalue weighted by molar-refractivity contribution is 0.0728. The average Bonchev–Trinajstić information content (AvgIpc) is 2.39. The van der Waals surface area contributed by atoms with E-state index in [1.807, 2.05) is 0 Å². The Kier molecular flexibility index (Phi) is 6.55. The molecule has 0 aromatic heterocycles. The summed E-state index contributed by atoms with van der Waals surface area (Å²) < 4.78 is 10.6. The highest BCUT2D eigenvalue weighted by Crippen LogP contribution is 2.34. The molecule has 0 aliphatic heterocycles. The lowest BCUT2D eigenvalue weighted by atomic mass is 10.1. The van der Waals surface area contributed by atoms with Crippen LogP contribution in [0, 0.1) is 0 Å². The van der Waals surface area contributed by atoms with Crippen LogP contribution in [-0.4, -0.2) is 25.5 Å². The largest absolute Gasteiger partial charge is 0.414 e. The average molecular weight is 268 g/mol. The summed E-state index contributed by atoms with van der Waals surface area (Å²) in [6.45, 7) is 4.43. The van der Waals surface area contributed by atoms with Gasteiger partial charge in [-0.3, -0.25) is 4.79 Å². The third kappa shape index (κ3) is 4.94. The molecule has 0 amide bonds. The van der Waals surface area contributed by atoms with E-state index in [9.17, 15) is 9.59 Å². The van der Waals surface area contributed by atoms with E-state index in [1.54, 1.807) is 30.9 Å². The van der Waals surface area contributed by atoms with Crippen molar-refractivity contribution in [1.82, 2.24) is 0 Å². The predicted molar refractivity (Wildman–Crippen MR) is 70.9 cm³/mol. The van der Waals surface area contributed by atoms with Crippen molar-refractivity contribution in [2.45, 2.75) is 19.8 Å². The van der Waals surface area contributed by atoms with Crippen molar-refractivity contribution in [3.63, 3.8) is 0 Å². The van der Waals surface area contributed by atoms with Crippen molar-refractivity contribution in [3.8, 4) is 0 Å². The highest BCUT2D eigenvalue weighted by atomic mass is 31.2. The van der Waals surface area contributed by atoms with Crippen molar-refractivity contribution in [1.29, 1.82) is 0 Å². The van der Waals surface area contributed by atoms with Gasteiger partial charge in [0.1, 0.15) is 6.29 Å². The van der Waals surface area contributed by atoms with E-state index in [0.717, 1.165) is 19.1 Å². The Morgan fingerprint density at radius 2 is 2.00 bits per heavy atom. The molecule has 0 radical (unpaired) electrons. The molecule has 4 nitrogen and oxygen atoms in total. The molecule has 0 heterocycles. The molecule has 0 N–H and O–H groups in total. The first-order chi connectivity index (χ1) is 8.67. The number of aldehydes is 1. The molecule has 1 atom stereocenters. The fourth-order valence-corrected chi connectivity index (χ4v) is 2.01. The molecule has 0 aliphatic rings. The van der Waals surface area contributed by atoms with Crippen LogP contribution in [-0.2, 0) is 9.05 Å². The first-order valence-corrected chi connectivity index (χ1v) is 7.44. The first kappa shape index (κ1) is 14.8. The van der Waals surface area contributed by atoms with Crippen LogP contribution < -0.4 is 0 Å². The lowest BCUT2D eigenvalue weighted by Gasteiger charge is -2.12. The summed E-state index contributed by atoms with van der Waals surface area (Å²) in [4.78, 5) is 22.2. The predicted octanol–water partition coefficient (Wildman–Crippen LogP) is 3.41. The van der Waals surface area contributed by atoms with Gasteiger partial charge in [-0.2, -0.15) is 0 Å². The molecule has 0 saturated carbocycles. The number of hydrogen-bond donors (Lipinski definition) is 0. The highest BCUT2D eigenvalue weighted by molar-refractivity contribution is 7.46. The van der Waals surface area contributed by atoms with E-state index in [-0.39, 0.29) is 0 Å². The number of benzene rings is 1. The van der Waals surface area contributed by atoms with E-state index in [0.29, 0.717) is 17.7 Å². The van der Waals surface area contributed by atoms with E-state index < -0.39 is 14.3 Å². The summed E-state index contributed by atoms with van der Waals surface area (Å²) in [6.07, 6.45) is 2.73. The standard InChI is InChI=1S/C13H17O4P/c1-3-4-9-16-18(2)17-13(15)12-7-5-11(10-14)6-8-12/h5-8,10H,3-4,9H2,1-2H3. The summed E-state index contributed by atoms with van der Waals surface area (Å²) in [5.74, 6) is -0.419. The topological polar surface area (TPSA) is 52.6 Å². The maximum absolute atomic E-state index is 11.7. The number of carbonyl (C=O) groups is 2. The minimum atomic E-state index is -1.19. The van der Waals surface area contributed by atoms with Crippen LogP contribution >= 0.6 is 8.38 Å². The Labute approximate surface area is 108 Å². The van der Waals surface area contributed by atoms with E-state index in [2.05, 4.69) is 6.92 Å². The summed E-state index contributed by atoms with van der Waals surface area (Å²) in [6, 6.07) is 6.31. The van der Waals surface area contributed by atoms with Crippen LogP contribution in [0.2, 0.25) is 0 Å². The molecular weight excluding hydrogens is 251 g/mol. The summed E-state index contributed by atoms with van der Waals surface area (Å²) in [7, 11) is -1.19. The molecule has 1 aromatic carbocycles. The van der Waals surface area contributed by atoms with Crippen LogP contribution in [0.1, 0.15) is 40.5 Å². The molecule has 1 unspecified atom stereocenters. The molecule has 0 aliphatic carbocycles.